The van der Waals surface area contributed by atoms with Crippen LogP contribution in [0.25, 0.3) is 10.2 Å². The summed E-state index contributed by atoms with van der Waals surface area (Å²) in [4.78, 5) is 27.3. The van der Waals surface area contributed by atoms with Crippen LogP contribution in [0, 0.1) is 22.5 Å². The largest absolute Gasteiger partial charge is 0.305 e. The van der Waals surface area contributed by atoms with E-state index in [9.17, 15) is 14.9 Å². The number of aromatic nitrogens is 1. The number of thiazole rings is 1. The van der Waals surface area contributed by atoms with Crippen molar-refractivity contribution >= 4 is 49.1 Å². The van der Waals surface area contributed by atoms with Gasteiger partial charge in [-0.05, 0) is 24.3 Å². The summed E-state index contributed by atoms with van der Waals surface area (Å²) in [6.45, 7) is 0.267. The number of carbonyl (C=O) groups excluding carboxylic acids is 1. The smallest absolute Gasteiger partial charge is 0.279 e. The predicted molar refractivity (Wildman–Crippen MR) is 99.3 cm³/mol. The van der Waals surface area contributed by atoms with E-state index in [1.54, 1.807) is 4.57 Å². The maximum Gasteiger partial charge on any atom is 0.279 e. The highest BCUT2D eigenvalue weighted by atomic mass is 79.9. The highest BCUT2D eigenvalue weighted by molar-refractivity contribution is 9.10. The first-order chi connectivity index (χ1) is 12.0. The number of nitro groups is 1. The molecule has 0 saturated heterocycles. The summed E-state index contributed by atoms with van der Waals surface area (Å²) in [5.41, 5.74) is 0.870. The van der Waals surface area contributed by atoms with Crippen molar-refractivity contribution in [2.45, 2.75) is 6.54 Å². The highest BCUT2D eigenvalue weighted by Crippen LogP contribution is 2.22. The fourth-order valence-corrected chi connectivity index (χ4v) is 3.86. The zero-order valence-electron chi connectivity index (χ0n) is 12.7. The molecule has 25 heavy (non-hydrogen) atoms. The van der Waals surface area contributed by atoms with E-state index in [1.807, 2.05) is 18.2 Å². The van der Waals surface area contributed by atoms with Gasteiger partial charge in [-0.25, -0.2) is 0 Å². The number of carbonyl (C=O) groups is 1. The molecule has 0 aliphatic rings. The lowest BCUT2D eigenvalue weighted by molar-refractivity contribution is -0.384. The summed E-state index contributed by atoms with van der Waals surface area (Å²) in [6, 6.07) is 11.2. The normalized spacial score (nSPS) is 11.4. The van der Waals surface area contributed by atoms with Crippen LogP contribution in [-0.2, 0) is 6.54 Å². The Morgan fingerprint density at radius 1 is 1.36 bits per heavy atom. The van der Waals surface area contributed by atoms with Crippen LogP contribution in [0.15, 0.2) is 51.9 Å². The van der Waals surface area contributed by atoms with Crippen LogP contribution >= 0.6 is 27.3 Å². The van der Waals surface area contributed by atoms with Gasteiger partial charge in [0, 0.05) is 22.2 Å². The van der Waals surface area contributed by atoms with Crippen molar-refractivity contribution in [2.24, 2.45) is 4.99 Å². The lowest BCUT2D eigenvalue weighted by Crippen LogP contribution is -2.16. The number of rotatable bonds is 3. The number of terminal acetylenes is 1. The lowest BCUT2D eigenvalue weighted by Gasteiger charge is -2.00. The van der Waals surface area contributed by atoms with Gasteiger partial charge in [0.1, 0.15) is 0 Å². The number of nitro benzene ring substituents is 1. The fraction of sp³-hybridized carbons (Fsp3) is 0.0588. The van der Waals surface area contributed by atoms with Crippen LogP contribution in [0.3, 0.4) is 0 Å². The minimum atomic E-state index is -0.555. The Kier molecular flexibility index (Phi) is 4.79. The van der Waals surface area contributed by atoms with Crippen LogP contribution in [0.5, 0.6) is 0 Å². The van der Waals surface area contributed by atoms with Gasteiger partial charge in [-0.1, -0.05) is 39.3 Å². The topological polar surface area (TPSA) is 77.5 Å². The zero-order chi connectivity index (χ0) is 18.0. The van der Waals surface area contributed by atoms with Crippen molar-refractivity contribution < 1.29 is 9.72 Å². The van der Waals surface area contributed by atoms with E-state index in [0.29, 0.717) is 4.80 Å². The Bertz CT molecular complexity index is 1110. The Labute approximate surface area is 154 Å². The number of hydrogen-bond donors (Lipinski definition) is 0. The fourth-order valence-electron chi connectivity index (χ4n) is 2.28. The second kappa shape index (κ2) is 7.01. The molecule has 8 heteroatoms. The van der Waals surface area contributed by atoms with Crippen molar-refractivity contribution in [1.29, 1.82) is 0 Å². The average molecular weight is 416 g/mol. The predicted octanol–water partition coefficient (Wildman–Crippen LogP) is 3.75. The first-order valence-electron chi connectivity index (χ1n) is 7.05. The van der Waals surface area contributed by atoms with E-state index in [4.69, 9.17) is 6.42 Å². The molecule has 1 aromatic heterocycles. The summed E-state index contributed by atoms with van der Waals surface area (Å²) in [6.07, 6.45) is 5.43. The summed E-state index contributed by atoms with van der Waals surface area (Å²) in [5, 5.41) is 10.9. The van der Waals surface area contributed by atoms with E-state index < -0.39 is 10.8 Å². The Balaban J connectivity index is 2.13. The third-order valence-electron chi connectivity index (χ3n) is 3.40. The minimum Gasteiger partial charge on any atom is -0.305 e. The van der Waals surface area contributed by atoms with Crippen molar-refractivity contribution in [3.8, 4) is 12.3 Å². The molecule has 0 fully saturated rings. The third-order valence-corrected chi connectivity index (χ3v) is 4.93. The number of hydrogen-bond acceptors (Lipinski definition) is 4. The van der Waals surface area contributed by atoms with Crippen LogP contribution in [0.2, 0.25) is 0 Å². The molecule has 0 radical (unpaired) electrons. The molecule has 0 bridgehead atoms. The molecule has 0 spiro atoms. The monoisotopic (exact) mass is 415 g/mol. The van der Waals surface area contributed by atoms with Crippen molar-refractivity contribution in [1.82, 2.24) is 4.57 Å². The molecular weight excluding hydrogens is 406 g/mol. The van der Waals surface area contributed by atoms with Gasteiger partial charge in [0.25, 0.3) is 11.6 Å². The molecule has 0 atom stereocenters. The third kappa shape index (κ3) is 3.52. The molecule has 124 valence electrons. The van der Waals surface area contributed by atoms with Crippen LogP contribution in [0.4, 0.5) is 5.69 Å². The molecule has 0 saturated carbocycles. The molecule has 1 amide bonds. The lowest BCUT2D eigenvalue weighted by atomic mass is 10.2. The van der Waals surface area contributed by atoms with Crippen LogP contribution in [-0.4, -0.2) is 15.4 Å². The van der Waals surface area contributed by atoms with Crippen molar-refractivity contribution in [3.05, 3.63) is 67.4 Å². The number of halogens is 1. The summed E-state index contributed by atoms with van der Waals surface area (Å²) in [7, 11) is 0. The number of non-ortho nitro benzene ring substituents is 1. The zero-order valence-corrected chi connectivity index (χ0v) is 15.1. The Morgan fingerprint density at radius 3 is 2.88 bits per heavy atom. The summed E-state index contributed by atoms with van der Waals surface area (Å²) >= 11 is 4.74. The van der Waals surface area contributed by atoms with Gasteiger partial charge in [0.05, 0.1) is 21.7 Å². The number of nitrogens with zero attached hydrogens (tertiary/aromatic N) is 3. The van der Waals surface area contributed by atoms with E-state index in [0.717, 1.165) is 14.7 Å². The van der Waals surface area contributed by atoms with Gasteiger partial charge in [0.2, 0.25) is 0 Å². The van der Waals surface area contributed by atoms with Gasteiger partial charge < -0.3 is 4.57 Å². The first-order valence-corrected chi connectivity index (χ1v) is 8.66. The molecule has 3 rings (SSSR count). The summed E-state index contributed by atoms with van der Waals surface area (Å²) < 4.78 is 3.60. The van der Waals surface area contributed by atoms with Gasteiger partial charge in [-0.2, -0.15) is 4.99 Å². The van der Waals surface area contributed by atoms with Crippen molar-refractivity contribution in [3.63, 3.8) is 0 Å². The molecule has 0 unspecified atom stereocenters. The minimum absolute atomic E-state index is 0.153. The number of amides is 1. The van der Waals surface area contributed by atoms with Gasteiger partial charge >= 0.3 is 0 Å². The molecule has 6 nitrogen and oxygen atoms in total. The molecule has 0 N–H and O–H groups in total. The molecule has 3 aromatic rings. The van der Waals surface area contributed by atoms with Crippen LogP contribution in [0.1, 0.15) is 10.4 Å². The highest BCUT2D eigenvalue weighted by Gasteiger charge is 2.12. The molecule has 0 aliphatic carbocycles. The molecule has 0 aliphatic heterocycles. The van der Waals surface area contributed by atoms with E-state index in [1.165, 1.54) is 35.6 Å². The van der Waals surface area contributed by atoms with Gasteiger partial charge in [0.15, 0.2) is 4.80 Å². The maximum absolute atomic E-state index is 12.4. The second-order valence-electron chi connectivity index (χ2n) is 5.01. The Morgan fingerprint density at radius 2 is 2.16 bits per heavy atom. The summed E-state index contributed by atoms with van der Waals surface area (Å²) in [5.74, 6) is 2.00. The Hall–Kier alpha value is -2.76. The average Bonchev–Trinajstić information content (AvgIpc) is 2.91. The second-order valence-corrected chi connectivity index (χ2v) is 6.94. The number of fused-ring (bicyclic) bond motifs is 1. The van der Waals surface area contributed by atoms with Crippen molar-refractivity contribution in [2.75, 3.05) is 0 Å². The maximum atomic E-state index is 12.4. The van der Waals surface area contributed by atoms with E-state index in [-0.39, 0.29) is 17.8 Å². The standard InChI is InChI=1S/C17H10BrN3O3S/c1-2-8-20-14-7-6-12(18)10-15(14)25-17(20)19-16(22)11-4-3-5-13(9-11)21(23)24/h1,3-7,9-10H,8H2. The number of benzene rings is 2. The molecule has 1 heterocycles. The molecular formula is C17H10BrN3O3S. The van der Waals surface area contributed by atoms with Crippen LogP contribution < -0.4 is 4.80 Å². The van der Waals surface area contributed by atoms with E-state index in [2.05, 4.69) is 26.8 Å². The van der Waals surface area contributed by atoms with Gasteiger partial charge in [-0.3, -0.25) is 14.9 Å². The molecule has 2 aromatic carbocycles. The van der Waals surface area contributed by atoms with E-state index >= 15 is 0 Å². The van der Waals surface area contributed by atoms with Gasteiger partial charge in [-0.15, -0.1) is 6.42 Å². The first kappa shape index (κ1) is 17.1. The quantitative estimate of drug-likeness (QED) is 0.371. The SMILES string of the molecule is C#CCn1c(=NC(=O)c2cccc([N+](=O)[O-])c2)sc2cc(Br)ccc21.